The van der Waals surface area contributed by atoms with E-state index in [0.29, 0.717) is 6.54 Å². The van der Waals surface area contributed by atoms with Crippen molar-refractivity contribution in [3.63, 3.8) is 0 Å². The van der Waals surface area contributed by atoms with Crippen LogP contribution in [0.15, 0.2) is 59.7 Å². The van der Waals surface area contributed by atoms with E-state index in [1.807, 2.05) is 36.9 Å². The SMILES string of the molecule is CCN(CCCNC(=NC)NCc1ccc(-n2nc(C)cc2C)nc1)c1ccccc1. The van der Waals surface area contributed by atoms with Crippen LogP contribution in [-0.4, -0.2) is 47.4 Å². The van der Waals surface area contributed by atoms with Gasteiger partial charge in [0.25, 0.3) is 0 Å². The number of benzene rings is 1. The summed E-state index contributed by atoms with van der Waals surface area (Å²) >= 11 is 0. The Labute approximate surface area is 185 Å². The fraction of sp³-hybridized carbons (Fsp3) is 0.375. The number of pyridine rings is 1. The minimum atomic E-state index is 0.662. The lowest BCUT2D eigenvalue weighted by atomic mass is 10.2. The number of hydrogen-bond donors (Lipinski definition) is 2. The van der Waals surface area contributed by atoms with Gasteiger partial charge >= 0.3 is 0 Å². The molecule has 1 aromatic carbocycles. The monoisotopic (exact) mass is 419 g/mol. The quantitative estimate of drug-likeness (QED) is 0.316. The van der Waals surface area contributed by atoms with Crippen LogP contribution in [-0.2, 0) is 6.54 Å². The van der Waals surface area contributed by atoms with Gasteiger partial charge in [-0.1, -0.05) is 24.3 Å². The Bertz CT molecular complexity index is 961. The molecule has 164 valence electrons. The number of aromatic nitrogens is 3. The summed E-state index contributed by atoms with van der Waals surface area (Å²) in [4.78, 5) is 11.3. The van der Waals surface area contributed by atoms with Gasteiger partial charge < -0.3 is 15.5 Å². The minimum absolute atomic E-state index is 0.662. The second-order valence-electron chi connectivity index (χ2n) is 7.48. The van der Waals surface area contributed by atoms with Crippen LogP contribution in [0, 0.1) is 13.8 Å². The summed E-state index contributed by atoms with van der Waals surface area (Å²) in [6.07, 6.45) is 2.91. The first-order valence-corrected chi connectivity index (χ1v) is 10.8. The van der Waals surface area contributed by atoms with E-state index in [9.17, 15) is 0 Å². The van der Waals surface area contributed by atoms with E-state index in [1.165, 1.54) is 5.69 Å². The molecular formula is C24H33N7. The third kappa shape index (κ3) is 6.31. The lowest BCUT2D eigenvalue weighted by Gasteiger charge is -2.23. The summed E-state index contributed by atoms with van der Waals surface area (Å²) in [5.41, 5.74) is 4.43. The number of aryl methyl sites for hydroxylation is 2. The maximum atomic E-state index is 4.55. The van der Waals surface area contributed by atoms with Crippen molar-refractivity contribution in [3.8, 4) is 5.82 Å². The molecule has 31 heavy (non-hydrogen) atoms. The van der Waals surface area contributed by atoms with Crippen LogP contribution in [0.3, 0.4) is 0 Å². The first kappa shape index (κ1) is 22.3. The van der Waals surface area contributed by atoms with Gasteiger partial charge in [-0.2, -0.15) is 5.10 Å². The number of guanidine groups is 1. The molecule has 2 N–H and O–H groups in total. The summed E-state index contributed by atoms with van der Waals surface area (Å²) in [6.45, 7) is 9.73. The molecule has 2 heterocycles. The standard InChI is InChI=1S/C24H33N7/c1-5-30(22-10-7-6-8-11-22)15-9-14-26-24(25-4)28-18-21-12-13-23(27-17-21)31-20(3)16-19(2)29-31/h6-8,10-13,16-17H,5,9,14-15,18H2,1-4H3,(H2,25,26,28). The Balaban J connectivity index is 1.43. The Hall–Kier alpha value is -3.35. The molecule has 0 aliphatic rings. The average molecular weight is 420 g/mol. The van der Waals surface area contributed by atoms with Crippen molar-refractivity contribution in [3.05, 3.63) is 71.7 Å². The number of aliphatic imine (C=N–C) groups is 1. The summed E-state index contributed by atoms with van der Waals surface area (Å²) in [6, 6.07) is 16.6. The number of hydrogen-bond acceptors (Lipinski definition) is 4. The molecule has 0 atom stereocenters. The summed E-state index contributed by atoms with van der Waals surface area (Å²) < 4.78 is 1.86. The Morgan fingerprint density at radius 2 is 1.90 bits per heavy atom. The summed E-state index contributed by atoms with van der Waals surface area (Å²) in [5.74, 6) is 1.63. The summed E-state index contributed by atoms with van der Waals surface area (Å²) in [7, 11) is 1.79. The van der Waals surface area contributed by atoms with E-state index in [0.717, 1.165) is 54.8 Å². The third-order valence-electron chi connectivity index (χ3n) is 5.12. The van der Waals surface area contributed by atoms with Gasteiger partial charge in [0.05, 0.1) is 5.69 Å². The van der Waals surface area contributed by atoms with Crippen molar-refractivity contribution in [2.75, 3.05) is 31.6 Å². The van der Waals surface area contributed by atoms with E-state index in [4.69, 9.17) is 0 Å². The lowest BCUT2D eigenvalue weighted by molar-refractivity contribution is 0.708. The number of nitrogens with one attached hydrogen (secondary N) is 2. The maximum absolute atomic E-state index is 4.55. The lowest BCUT2D eigenvalue weighted by Crippen LogP contribution is -2.38. The molecule has 0 aliphatic heterocycles. The van der Waals surface area contributed by atoms with E-state index in [1.54, 1.807) is 7.05 Å². The molecule has 0 unspecified atom stereocenters. The topological polar surface area (TPSA) is 70.4 Å². The minimum Gasteiger partial charge on any atom is -0.372 e. The van der Waals surface area contributed by atoms with Crippen molar-refractivity contribution < 1.29 is 0 Å². The van der Waals surface area contributed by atoms with Gasteiger partial charge in [-0.25, -0.2) is 9.67 Å². The van der Waals surface area contributed by atoms with E-state index < -0.39 is 0 Å². The Morgan fingerprint density at radius 1 is 1.10 bits per heavy atom. The van der Waals surface area contributed by atoms with Gasteiger partial charge in [-0.15, -0.1) is 0 Å². The molecule has 7 heteroatoms. The zero-order valence-electron chi connectivity index (χ0n) is 19.0. The molecule has 2 aromatic heterocycles. The van der Waals surface area contributed by atoms with Gasteiger partial charge in [-0.05, 0) is 57.0 Å². The van der Waals surface area contributed by atoms with Gasteiger partial charge in [0.2, 0.25) is 0 Å². The molecule has 0 aliphatic carbocycles. The third-order valence-corrected chi connectivity index (χ3v) is 5.12. The Morgan fingerprint density at radius 3 is 2.52 bits per heavy atom. The molecule has 7 nitrogen and oxygen atoms in total. The number of nitrogens with zero attached hydrogens (tertiary/aromatic N) is 5. The highest BCUT2D eigenvalue weighted by molar-refractivity contribution is 5.79. The predicted molar refractivity (Wildman–Crippen MR) is 128 cm³/mol. The fourth-order valence-electron chi connectivity index (χ4n) is 3.50. The van der Waals surface area contributed by atoms with Crippen molar-refractivity contribution in [2.45, 2.75) is 33.7 Å². The van der Waals surface area contributed by atoms with Crippen LogP contribution in [0.25, 0.3) is 5.82 Å². The first-order valence-electron chi connectivity index (χ1n) is 10.8. The number of anilines is 1. The predicted octanol–water partition coefficient (Wildman–Crippen LogP) is 3.47. The molecule has 0 saturated heterocycles. The fourth-order valence-corrected chi connectivity index (χ4v) is 3.50. The number of para-hydroxylation sites is 1. The zero-order chi connectivity index (χ0) is 22.1. The van der Waals surface area contributed by atoms with Crippen LogP contribution in [0.1, 0.15) is 30.3 Å². The highest BCUT2D eigenvalue weighted by Crippen LogP contribution is 2.13. The molecular weight excluding hydrogens is 386 g/mol. The van der Waals surface area contributed by atoms with Crippen LogP contribution in [0.2, 0.25) is 0 Å². The molecule has 0 radical (unpaired) electrons. The number of rotatable bonds is 9. The van der Waals surface area contributed by atoms with Crippen LogP contribution in [0.4, 0.5) is 5.69 Å². The normalized spacial score (nSPS) is 11.4. The second-order valence-corrected chi connectivity index (χ2v) is 7.48. The van der Waals surface area contributed by atoms with Gasteiger partial charge in [-0.3, -0.25) is 4.99 Å². The molecule has 0 amide bonds. The van der Waals surface area contributed by atoms with E-state index >= 15 is 0 Å². The van der Waals surface area contributed by atoms with Crippen LogP contribution < -0.4 is 15.5 Å². The first-order chi connectivity index (χ1) is 15.1. The molecule has 0 spiro atoms. The molecule has 0 fully saturated rings. The Kier molecular flexibility index (Phi) is 8.04. The van der Waals surface area contributed by atoms with Crippen LogP contribution >= 0.6 is 0 Å². The largest absolute Gasteiger partial charge is 0.372 e. The summed E-state index contributed by atoms with van der Waals surface area (Å²) in [5, 5.41) is 11.2. The van der Waals surface area contributed by atoms with Crippen molar-refractivity contribution in [1.29, 1.82) is 0 Å². The molecule has 0 bridgehead atoms. The van der Waals surface area contributed by atoms with Crippen molar-refractivity contribution in [2.24, 2.45) is 4.99 Å². The molecule has 3 rings (SSSR count). The van der Waals surface area contributed by atoms with Gasteiger partial charge in [0, 0.05) is 50.8 Å². The highest BCUT2D eigenvalue weighted by Gasteiger charge is 2.06. The molecule has 0 saturated carbocycles. The van der Waals surface area contributed by atoms with Gasteiger partial charge in [0.15, 0.2) is 11.8 Å². The highest BCUT2D eigenvalue weighted by atomic mass is 15.3. The van der Waals surface area contributed by atoms with Crippen molar-refractivity contribution >= 4 is 11.6 Å². The van der Waals surface area contributed by atoms with Crippen molar-refractivity contribution in [1.82, 2.24) is 25.4 Å². The zero-order valence-corrected chi connectivity index (χ0v) is 19.0. The van der Waals surface area contributed by atoms with Gasteiger partial charge in [0.1, 0.15) is 0 Å². The maximum Gasteiger partial charge on any atom is 0.191 e. The second kappa shape index (κ2) is 11.2. The molecule has 3 aromatic rings. The average Bonchev–Trinajstić information content (AvgIpc) is 3.14. The van der Waals surface area contributed by atoms with Crippen LogP contribution in [0.5, 0.6) is 0 Å². The van der Waals surface area contributed by atoms with E-state index in [-0.39, 0.29) is 0 Å². The van der Waals surface area contributed by atoms with E-state index in [2.05, 4.69) is 73.9 Å². The smallest absolute Gasteiger partial charge is 0.191 e.